The van der Waals surface area contributed by atoms with E-state index in [0.29, 0.717) is 16.8 Å². The van der Waals surface area contributed by atoms with Crippen LogP contribution in [0.4, 0.5) is 5.69 Å². The highest BCUT2D eigenvalue weighted by molar-refractivity contribution is 9.10. The number of anilines is 1. The first kappa shape index (κ1) is 12.9. The topological polar surface area (TPSA) is 76.5 Å². The van der Waals surface area contributed by atoms with Gasteiger partial charge in [0.15, 0.2) is 10.4 Å². The summed E-state index contributed by atoms with van der Waals surface area (Å²) in [5, 5.41) is 0. The molecule has 1 atom stereocenters. The van der Waals surface area contributed by atoms with Crippen molar-refractivity contribution in [2.75, 3.05) is 4.90 Å². The maximum Gasteiger partial charge on any atom is 0.294 e. The minimum atomic E-state index is -0.677. The highest BCUT2D eigenvalue weighted by atomic mass is 79.9. The lowest BCUT2D eigenvalue weighted by Gasteiger charge is -2.22. The van der Waals surface area contributed by atoms with E-state index in [1.807, 2.05) is 18.2 Å². The molecule has 0 spiro atoms. The summed E-state index contributed by atoms with van der Waals surface area (Å²) < 4.78 is 5.74. The Kier molecular flexibility index (Phi) is 3.10. The quantitative estimate of drug-likeness (QED) is 0.913. The van der Waals surface area contributed by atoms with Crippen molar-refractivity contribution in [3.05, 3.63) is 52.4 Å². The number of nitrogens with zero attached hydrogens (tertiary/aromatic N) is 1. The van der Waals surface area contributed by atoms with E-state index in [9.17, 15) is 9.59 Å². The minimum Gasteiger partial charge on any atom is -0.444 e. The van der Waals surface area contributed by atoms with Crippen molar-refractivity contribution >= 4 is 33.4 Å². The largest absolute Gasteiger partial charge is 0.444 e. The SMILES string of the molecule is NC(=O)[C@@H]1Cc2ccccc2N1C(=O)c1ccc(Br)o1. The van der Waals surface area contributed by atoms with Crippen molar-refractivity contribution in [2.45, 2.75) is 12.5 Å². The van der Waals surface area contributed by atoms with Crippen LogP contribution in [0, 0.1) is 0 Å². The average molecular weight is 335 g/mol. The number of furan rings is 1. The summed E-state index contributed by atoms with van der Waals surface area (Å²) in [4.78, 5) is 25.6. The van der Waals surface area contributed by atoms with Gasteiger partial charge in [0.05, 0.1) is 0 Å². The van der Waals surface area contributed by atoms with E-state index in [0.717, 1.165) is 5.56 Å². The van der Waals surface area contributed by atoms with Crippen LogP contribution in [0.25, 0.3) is 0 Å². The molecule has 6 heteroatoms. The molecular weight excluding hydrogens is 324 g/mol. The van der Waals surface area contributed by atoms with Gasteiger partial charge in [-0.2, -0.15) is 0 Å². The van der Waals surface area contributed by atoms with E-state index >= 15 is 0 Å². The lowest BCUT2D eigenvalue weighted by atomic mass is 10.1. The zero-order valence-corrected chi connectivity index (χ0v) is 12.0. The summed E-state index contributed by atoms with van der Waals surface area (Å²) in [7, 11) is 0. The number of benzene rings is 1. The number of hydrogen-bond donors (Lipinski definition) is 1. The third-order valence-electron chi connectivity index (χ3n) is 3.31. The van der Waals surface area contributed by atoms with Crippen molar-refractivity contribution in [2.24, 2.45) is 5.73 Å². The Hall–Kier alpha value is -2.08. The maximum atomic E-state index is 12.5. The second-order valence-corrected chi connectivity index (χ2v) is 5.31. The summed E-state index contributed by atoms with van der Waals surface area (Å²) in [6.07, 6.45) is 0.430. The predicted octanol–water partition coefficient (Wildman–Crippen LogP) is 2.10. The fourth-order valence-electron chi connectivity index (χ4n) is 2.41. The third kappa shape index (κ3) is 2.02. The smallest absolute Gasteiger partial charge is 0.294 e. The van der Waals surface area contributed by atoms with Gasteiger partial charge in [0.2, 0.25) is 5.91 Å². The standard InChI is InChI=1S/C14H11BrN2O3/c15-12-6-5-11(20-12)14(19)17-9-4-2-1-3-8(9)7-10(17)13(16)18/h1-6,10H,7H2,(H2,16,18)/t10-/m0/s1. The van der Waals surface area contributed by atoms with Gasteiger partial charge in [-0.05, 0) is 39.7 Å². The molecule has 1 aliphatic heterocycles. The molecule has 2 N–H and O–H groups in total. The first-order chi connectivity index (χ1) is 9.58. The summed E-state index contributed by atoms with van der Waals surface area (Å²) in [5.41, 5.74) is 7.04. The normalized spacial score (nSPS) is 17.1. The van der Waals surface area contributed by atoms with Gasteiger partial charge in [0.25, 0.3) is 5.91 Å². The minimum absolute atomic E-state index is 0.167. The van der Waals surface area contributed by atoms with Crippen LogP contribution in [-0.2, 0) is 11.2 Å². The van der Waals surface area contributed by atoms with Gasteiger partial charge in [-0.25, -0.2) is 0 Å². The van der Waals surface area contributed by atoms with Crippen LogP contribution in [0.3, 0.4) is 0 Å². The molecule has 5 nitrogen and oxygen atoms in total. The highest BCUT2D eigenvalue weighted by Crippen LogP contribution is 2.33. The molecule has 0 bridgehead atoms. The molecule has 0 saturated heterocycles. The fraction of sp³-hybridized carbons (Fsp3) is 0.143. The zero-order chi connectivity index (χ0) is 14.3. The number of carbonyl (C=O) groups is 2. The number of carbonyl (C=O) groups excluding carboxylic acids is 2. The van der Waals surface area contributed by atoms with Crippen LogP contribution in [-0.4, -0.2) is 17.9 Å². The molecule has 2 heterocycles. The second kappa shape index (κ2) is 4.79. The maximum absolute atomic E-state index is 12.5. The number of halogens is 1. The molecule has 0 saturated carbocycles. The molecule has 1 aromatic carbocycles. The Morgan fingerprint density at radius 2 is 2.00 bits per heavy atom. The lowest BCUT2D eigenvalue weighted by Crippen LogP contribution is -2.46. The second-order valence-electron chi connectivity index (χ2n) is 4.53. The fourth-order valence-corrected chi connectivity index (χ4v) is 2.72. The van der Waals surface area contributed by atoms with E-state index in [4.69, 9.17) is 10.2 Å². The molecule has 3 rings (SSSR count). The van der Waals surface area contributed by atoms with Gasteiger partial charge in [0, 0.05) is 12.1 Å². The van der Waals surface area contributed by atoms with Crippen LogP contribution in [0.15, 0.2) is 45.5 Å². The van der Waals surface area contributed by atoms with Crippen LogP contribution in [0.5, 0.6) is 0 Å². The number of fused-ring (bicyclic) bond motifs is 1. The molecule has 102 valence electrons. The molecule has 0 fully saturated rings. The Morgan fingerprint density at radius 1 is 1.25 bits per heavy atom. The van der Waals surface area contributed by atoms with E-state index in [-0.39, 0.29) is 11.7 Å². The number of amides is 2. The summed E-state index contributed by atoms with van der Waals surface area (Å²) >= 11 is 3.16. The van der Waals surface area contributed by atoms with Crippen LogP contribution < -0.4 is 10.6 Å². The zero-order valence-electron chi connectivity index (χ0n) is 10.4. The molecule has 20 heavy (non-hydrogen) atoms. The molecule has 2 aromatic rings. The number of nitrogens with two attached hydrogens (primary N) is 1. The van der Waals surface area contributed by atoms with Gasteiger partial charge < -0.3 is 10.2 Å². The number of primary amides is 1. The summed E-state index contributed by atoms with van der Waals surface area (Å²) in [6, 6.07) is 9.89. The van der Waals surface area contributed by atoms with Crippen molar-refractivity contribution in [1.29, 1.82) is 0 Å². The summed E-state index contributed by atoms with van der Waals surface area (Å²) in [5.74, 6) is -0.732. The van der Waals surface area contributed by atoms with E-state index in [1.165, 1.54) is 4.90 Å². The molecule has 0 unspecified atom stereocenters. The van der Waals surface area contributed by atoms with Gasteiger partial charge >= 0.3 is 0 Å². The average Bonchev–Trinajstić information content (AvgIpc) is 3.01. The molecule has 0 aliphatic carbocycles. The molecule has 1 aromatic heterocycles. The Labute approximate surface area is 123 Å². The van der Waals surface area contributed by atoms with Gasteiger partial charge in [0.1, 0.15) is 6.04 Å². The Bertz CT molecular complexity index is 695. The van der Waals surface area contributed by atoms with Crippen LogP contribution in [0.1, 0.15) is 16.1 Å². The predicted molar refractivity (Wildman–Crippen MR) is 76.3 cm³/mol. The Balaban J connectivity index is 2.04. The molecule has 0 radical (unpaired) electrons. The number of para-hydroxylation sites is 1. The summed E-state index contributed by atoms with van der Waals surface area (Å²) in [6.45, 7) is 0. The van der Waals surface area contributed by atoms with E-state index < -0.39 is 11.9 Å². The van der Waals surface area contributed by atoms with Crippen LogP contribution in [0.2, 0.25) is 0 Å². The van der Waals surface area contributed by atoms with Crippen molar-refractivity contribution in [3.63, 3.8) is 0 Å². The molecular formula is C14H11BrN2O3. The van der Waals surface area contributed by atoms with E-state index in [1.54, 1.807) is 18.2 Å². The number of hydrogen-bond acceptors (Lipinski definition) is 3. The van der Waals surface area contributed by atoms with Crippen molar-refractivity contribution in [1.82, 2.24) is 0 Å². The first-order valence-corrected chi connectivity index (χ1v) is 6.83. The van der Waals surface area contributed by atoms with Crippen molar-refractivity contribution in [3.8, 4) is 0 Å². The highest BCUT2D eigenvalue weighted by Gasteiger charge is 2.38. The molecule has 2 amide bonds. The lowest BCUT2D eigenvalue weighted by molar-refractivity contribution is -0.119. The third-order valence-corrected chi connectivity index (χ3v) is 3.73. The molecule has 1 aliphatic rings. The number of rotatable bonds is 2. The van der Waals surface area contributed by atoms with Crippen LogP contribution >= 0.6 is 15.9 Å². The monoisotopic (exact) mass is 334 g/mol. The van der Waals surface area contributed by atoms with Gasteiger partial charge in [-0.15, -0.1) is 0 Å². The van der Waals surface area contributed by atoms with E-state index in [2.05, 4.69) is 15.9 Å². The first-order valence-electron chi connectivity index (χ1n) is 6.04. The van der Waals surface area contributed by atoms with Crippen molar-refractivity contribution < 1.29 is 14.0 Å². The van der Waals surface area contributed by atoms with Gasteiger partial charge in [-0.3, -0.25) is 14.5 Å². The van der Waals surface area contributed by atoms with Gasteiger partial charge in [-0.1, -0.05) is 18.2 Å². The Morgan fingerprint density at radius 3 is 2.65 bits per heavy atom.